The molecule has 1 heterocycles. The molecule has 0 bridgehead atoms. The van der Waals surface area contributed by atoms with E-state index in [0.29, 0.717) is 12.1 Å². The van der Waals surface area contributed by atoms with Gasteiger partial charge in [-0.15, -0.1) is 12.4 Å². The summed E-state index contributed by atoms with van der Waals surface area (Å²) in [6.45, 7) is 0.293. The summed E-state index contributed by atoms with van der Waals surface area (Å²) in [6, 6.07) is 7.58. The van der Waals surface area contributed by atoms with Gasteiger partial charge in [-0.05, 0) is 29.8 Å². The predicted octanol–water partition coefficient (Wildman–Crippen LogP) is 3.23. The highest BCUT2D eigenvalue weighted by atomic mass is 35.5. The van der Waals surface area contributed by atoms with Crippen LogP contribution in [-0.4, -0.2) is 10.9 Å². The standard InChI is InChI=1S/C13H10ClFN2O.ClH/c14-11-7-9(1-2-12(11)15)8-17-13(18)10-3-5-16-6-4-10;/h1-7H,8H2,(H,17,18);1H. The number of carbonyl (C=O) groups is 1. The minimum atomic E-state index is -0.471. The lowest BCUT2D eigenvalue weighted by Crippen LogP contribution is -2.22. The van der Waals surface area contributed by atoms with Crippen molar-refractivity contribution in [3.05, 3.63) is 64.7 Å². The first kappa shape index (κ1) is 15.4. The summed E-state index contributed by atoms with van der Waals surface area (Å²) in [5, 5.41) is 2.76. The highest BCUT2D eigenvalue weighted by molar-refractivity contribution is 6.30. The van der Waals surface area contributed by atoms with Crippen LogP contribution < -0.4 is 5.32 Å². The number of nitrogens with zero attached hydrogens (tertiary/aromatic N) is 1. The lowest BCUT2D eigenvalue weighted by atomic mass is 10.2. The number of rotatable bonds is 3. The van der Waals surface area contributed by atoms with Crippen molar-refractivity contribution in [2.75, 3.05) is 0 Å². The minimum Gasteiger partial charge on any atom is -0.348 e. The van der Waals surface area contributed by atoms with E-state index >= 15 is 0 Å². The zero-order chi connectivity index (χ0) is 13.0. The van der Waals surface area contributed by atoms with Crippen LogP contribution in [-0.2, 0) is 6.54 Å². The van der Waals surface area contributed by atoms with Crippen LogP contribution in [0.1, 0.15) is 15.9 Å². The van der Waals surface area contributed by atoms with Crippen LogP contribution in [0.25, 0.3) is 0 Å². The van der Waals surface area contributed by atoms with Crippen molar-refractivity contribution in [2.24, 2.45) is 0 Å². The van der Waals surface area contributed by atoms with Gasteiger partial charge in [0.1, 0.15) is 5.82 Å². The van der Waals surface area contributed by atoms with Crippen molar-refractivity contribution >= 4 is 29.9 Å². The molecule has 0 radical (unpaired) electrons. The number of hydrogen-bond donors (Lipinski definition) is 1. The van der Waals surface area contributed by atoms with Gasteiger partial charge in [0.25, 0.3) is 5.91 Å². The summed E-state index contributed by atoms with van der Waals surface area (Å²) < 4.78 is 12.9. The summed E-state index contributed by atoms with van der Waals surface area (Å²) in [5.41, 5.74) is 1.27. The number of amides is 1. The van der Waals surface area contributed by atoms with Gasteiger partial charge >= 0.3 is 0 Å². The first-order valence-electron chi connectivity index (χ1n) is 5.29. The fourth-order valence-electron chi connectivity index (χ4n) is 1.44. The first-order valence-corrected chi connectivity index (χ1v) is 5.67. The van der Waals surface area contributed by atoms with Gasteiger partial charge in [-0.2, -0.15) is 0 Å². The van der Waals surface area contributed by atoms with Crippen LogP contribution in [0.4, 0.5) is 4.39 Å². The third-order valence-electron chi connectivity index (χ3n) is 2.38. The molecular formula is C13H11Cl2FN2O. The molecule has 3 nitrogen and oxygen atoms in total. The summed E-state index contributed by atoms with van der Waals surface area (Å²) in [6.07, 6.45) is 3.09. The topological polar surface area (TPSA) is 42.0 Å². The molecule has 1 aromatic carbocycles. The third kappa shape index (κ3) is 4.19. The van der Waals surface area contributed by atoms with E-state index < -0.39 is 5.82 Å². The number of halogens is 3. The van der Waals surface area contributed by atoms with E-state index in [1.165, 1.54) is 12.1 Å². The summed E-state index contributed by atoms with van der Waals surface area (Å²) >= 11 is 5.65. The number of carbonyl (C=O) groups excluding carboxylic acids is 1. The van der Waals surface area contributed by atoms with Crippen LogP contribution in [0, 0.1) is 5.82 Å². The molecule has 2 aromatic rings. The third-order valence-corrected chi connectivity index (χ3v) is 2.67. The lowest BCUT2D eigenvalue weighted by Gasteiger charge is -2.05. The molecule has 19 heavy (non-hydrogen) atoms. The van der Waals surface area contributed by atoms with Crippen molar-refractivity contribution in [3.8, 4) is 0 Å². The van der Waals surface area contributed by atoms with E-state index in [-0.39, 0.29) is 23.3 Å². The maximum Gasteiger partial charge on any atom is 0.251 e. The van der Waals surface area contributed by atoms with E-state index in [1.807, 2.05) is 0 Å². The Bertz CT molecular complexity index is 564. The van der Waals surface area contributed by atoms with Gasteiger partial charge in [0.2, 0.25) is 0 Å². The minimum absolute atomic E-state index is 0. The molecule has 0 aliphatic heterocycles. The summed E-state index contributed by atoms with van der Waals surface area (Å²) in [5.74, 6) is -0.682. The van der Waals surface area contributed by atoms with Gasteiger partial charge in [-0.3, -0.25) is 9.78 Å². The Kier molecular flexibility index (Phi) is 5.73. The molecular weight excluding hydrogens is 290 g/mol. The fourth-order valence-corrected chi connectivity index (χ4v) is 1.64. The molecule has 0 aliphatic carbocycles. The molecule has 0 fully saturated rings. The van der Waals surface area contributed by atoms with Crippen LogP contribution >= 0.6 is 24.0 Å². The SMILES string of the molecule is Cl.O=C(NCc1ccc(F)c(Cl)c1)c1ccncc1. The number of nitrogens with one attached hydrogen (secondary N) is 1. The smallest absolute Gasteiger partial charge is 0.251 e. The van der Waals surface area contributed by atoms with Crippen molar-refractivity contribution in [2.45, 2.75) is 6.54 Å². The molecule has 1 aromatic heterocycles. The zero-order valence-electron chi connectivity index (χ0n) is 9.77. The van der Waals surface area contributed by atoms with Crippen LogP contribution in [0.5, 0.6) is 0 Å². The molecule has 0 atom stereocenters. The second kappa shape index (κ2) is 7.07. The highest BCUT2D eigenvalue weighted by Crippen LogP contribution is 2.15. The van der Waals surface area contributed by atoms with Gasteiger partial charge in [-0.25, -0.2) is 4.39 Å². The second-order valence-electron chi connectivity index (χ2n) is 3.67. The van der Waals surface area contributed by atoms with E-state index in [4.69, 9.17) is 11.6 Å². The monoisotopic (exact) mass is 300 g/mol. The number of pyridine rings is 1. The van der Waals surface area contributed by atoms with Gasteiger partial charge in [-0.1, -0.05) is 17.7 Å². The van der Waals surface area contributed by atoms with Gasteiger partial charge < -0.3 is 5.32 Å². The van der Waals surface area contributed by atoms with E-state index in [9.17, 15) is 9.18 Å². The Morgan fingerprint density at radius 1 is 1.26 bits per heavy atom. The van der Waals surface area contributed by atoms with Crippen LogP contribution in [0.2, 0.25) is 5.02 Å². The Labute approximate surface area is 121 Å². The largest absolute Gasteiger partial charge is 0.348 e. The average molecular weight is 301 g/mol. The molecule has 0 saturated heterocycles. The molecule has 6 heteroatoms. The Hall–Kier alpha value is -1.65. The molecule has 2 rings (SSSR count). The maximum atomic E-state index is 12.9. The molecule has 0 aliphatic rings. The Balaban J connectivity index is 0.00000180. The molecule has 100 valence electrons. The quantitative estimate of drug-likeness (QED) is 0.945. The van der Waals surface area contributed by atoms with Crippen molar-refractivity contribution in [1.82, 2.24) is 10.3 Å². The molecule has 0 spiro atoms. The lowest BCUT2D eigenvalue weighted by molar-refractivity contribution is 0.0951. The van der Waals surface area contributed by atoms with Gasteiger partial charge in [0.05, 0.1) is 5.02 Å². The molecule has 0 unspecified atom stereocenters. The predicted molar refractivity (Wildman–Crippen MR) is 74.1 cm³/mol. The van der Waals surface area contributed by atoms with Crippen molar-refractivity contribution in [3.63, 3.8) is 0 Å². The van der Waals surface area contributed by atoms with Crippen LogP contribution in [0.3, 0.4) is 0 Å². The number of aromatic nitrogens is 1. The average Bonchev–Trinajstić information content (AvgIpc) is 2.41. The molecule has 1 N–H and O–H groups in total. The number of hydrogen-bond acceptors (Lipinski definition) is 2. The van der Waals surface area contributed by atoms with Gasteiger partial charge in [0, 0.05) is 24.5 Å². The van der Waals surface area contributed by atoms with Gasteiger partial charge in [0.15, 0.2) is 0 Å². The second-order valence-corrected chi connectivity index (χ2v) is 4.07. The highest BCUT2D eigenvalue weighted by Gasteiger charge is 2.05. The normalized spacial score (nSPS) is 9.58. The molecule has 1 amide bonds. The summed E-state index contributed by atoms with van der Waals surface area (Å²) in [7, 11) is 0. The maximum absolute atomic E-state index is 12.9. The Morgan fingerprint density at radius 3 is 2.58 bits per heavy atom. The van der Waals surface area contributed by atoms with E-state index in [2.05, 4.69) is 10.3 Å². The van der Waals surface area contributed by atoms with Crippen molar-refractivity contribution in [1.29, 1.82) is 0 Å². The number of benzene rings is 1. The molecule has 0 saturated carbocycles. The van der Waals surface area contributed by atoms with E-state index in [0.717, 1.165) is 5.56 Å². The Morgan fingerprint density at radius 2 is 1.95 bits per heavy atom. The fraction of sp³-hybridized carbons (Fsp3) is 0.0769. The summed E-state index contributed by atoms with van der Waals surface area (Å²) in [4.78, 5) is 15.6. The van der Waals surface area contributed by atoms with Crippen molar-refractivity contribution < 1.29 is 9.18 Å². The zero-order valence-corrected chi connectivity index (χ0v) is 11.3. The van der Waals surface area contributed by atoms with Crippen LogP contribution in [0.15, 0.2) is 42.7 Å². The van der Waals surface area contributed by atoms with E-state index in [1.54, 1.807) is 30.6 Å². The first-order chi connectivity index (χ1) is 8.66.